The van der Waals surface area contributed by atoms with E-state index in [1.54, 1.807) is 0 Å². The zero-order valence-corrected chi connectivity index (χ0v) is 10.2. The Morgan fingerprint density at radius 3 is 1.20 bits per heavy atom. The molecule has 0 amide bonds. The number of carboxylic acid groups (broad SMARTS) is 2. The van der Waals surface area contributed by atoms with Crippen LogP contribution in [0.25, 0.3) is 0 Å². The number of rotatable bonds is 9. The Labute approximate surface area is 104 Å². The molecule has 0 aromatic rings. The number of hydrogen-bond donors (Lipinski definition) is 2. The van der Waals surface area contributed by atoms with Gasteiger partial charge in [0.15, 0.2) is 0 Å². The summed E-state index contributed by atoms with van der Waals surface area (Å²) in [5, 5.41) is 16.7. The molecule has 0 radical (unpaired) electrons. The van der Waals surface area contributed by atoms with Gasteiger partial charge in [-0.3, -0.25) is 9.59 Å². The number of carbonyl (C=O) groups is 2. The number of hydrogen-bond acceptors (Lipinski definition) is 2. The van der Waals surface area contributed by atoms with Crippen LogP contribution in [-0.4, -0.2) is 22.2 Å². The molecule has 0 spiro atoms. The van der Waals surface area contributed by atoms with Gasteiger partial charge in [-0.05, 0) is 12.8 Å². The maximum atomic E-state index is 10.1. The first-order valence-corrected chi connectivity index (χ1v) is 5.06. The number of carboxylic acids is 2. The second-order valence-corrected chi connectivity index (χ2v) is 3.41. The summed E-state index contributed by atoms with van der Waals surface area (Å²) in [5.74, 6) is -1.48. The first-order chi connectivity index (χ1) is 6.63. The van der Waals surface area contributed by atoms with Gasteiger partial charge in [-0.1, -0.05) is 25.7 Å². The van der Waals surface area contributed by atoms with E-state index in [2.05, 4.69) is 0 Å². The maximum absolute atomic E-state index is 10.1. The van der Waals surface area contributed by atoms with E-state index in [1.807, 2.05) is 0 Å². The molecule has 0 aromatic heterocycles. The van der Waals surface area contributed by atoms with Crippen LogP contribution in [0.2, 0.25) is 0 Å². The Bertz CT molecular complexity index is 162. The maximum Gasteiger partial charge on any atom is 0.303 e. The van der Waals surface area contributed by atoms with Crippen molar-refractivity contribution in [1.29, 1.82) is 0 Å². The van der Waals surface area contributed by atoms with Gasteiger partial charge in [0.25, 0.3) is 0 Å². The van der Waals surface area contributed by atoms with Crippen LogP contribution in [0.1, 0.15) is 51.4 Å². The summed E-state index contributed by atoms with van der Waals surface area (Å²) in [6.07, 6.45) is 5.82. The first kappa shape index (κ1) is 17.0. The van der Waals surface area contributed by atoms with Crippen LogP contribution >= 0.6 is 0 Å². The van der Waals surface area contributed by atoms with Gasteiger partial charge in [-0.2, -0.15) is 0 Å². The summed E-state index contributed by atoms with van der Waals surface area (Å²) in [4.78, 5) is 20.3. The molecule has 4 nitrogen and oxygen atoms in total. The zero-order chi connectivity index (χ0) is 10.8. The Hall–Kier alpha value is -0.398. The fourth-order valence-electron chi connectivity index (χ4n) is 1.26. The molecular formula is C10H18O4Pd. The Morgan fingerprint density at radius 1 is 0.667 bits per heavy atom. The molecule has 0 rings (SSSR count). The number of unbranched alkanes of at least 4 members (excludes halogenated alkanes) is 5. The summed E-state index contributed by atoms with van der Waals surface area (Å²) < 4.78 is 0. The SMILES string of the molecule is O=C(O)CCCCCCCCC(=O)O.[Pd]. The summed E-state index contributed by atoms with van der Waals surface area (Å²) in [6.45, 7) is 0. The average Bonchev–Trinajstić information content (AvgIpc) is 2.08. The quantitative estimate of drug-likeness (QED) is 0.506. The fourth-order valence-corrected chi connectivity index (χ4v) is 1.26. The largest absolute Gasteiger partial charge is 0.481 e. The molecule has 0 aliphatic rings. The summed E-state index contributed by atoms with van der Waals surface area (Å²) >= 11 is 0. The molecule has 0 heterocycles. The van der Waals surface area contributed by atoms with E-state index in [4.69, 9.17) is 10.2 Å². The monoisotopic (exact) mass is 308 g/mol. The van der Waals surface area contributed by atoms with Gasteiger partial charge in [-0.25, -0.2) is 0 Å². The molecular weight excluding hydrogens is 291 g/mol. The van der Waals surface area contributed by atoms with Gasteiger partial charge < -0.3 is 10.2 Å². The van der Waals surface area contributed by atoms with Gasteiger partial charge in [-0.15, -0.1) is 0 Å². The Balaban J connectivity index is 0. The van der Waals surface area contributed by atoms with Crippen molar-refractivity contribution >= 4 is 11.9 Å². The standard InChI is InChI=1S/C10H18O4.Pd/c11-9(12)7-5-3-1-2-4-6-8-10(13)14;/h1-8H2,(H,11,12)(H,13,14);. The second kappa shape index (κ2) is 11.7. The van der Waals surface area contributed by atoms with Crippen molar-refractivity contribution in [1.82, 2.24) is 0 Å². The van der Waals surface area contributed by atoms with E-state index in [9.17, 15) is 9.59 Å². The van der Waals surface area contributed by atoms with Gasteiger partial charge in [0.1, 0.15) is 0 Å². The number of aliphatic carboxylic acids is 2. The topological polar surface area (TPSA) is 74.6 Å². The minimum absolute atomic E-state index is 0. The molecule has 0 atom stereocenters. The van der Waals surface area contributed by atoms with Crippen LogP contribution in [0.15, 0.2) is 0 Å². The third kappa shape index (κ3) is 16.3. The van der Waals surface area contributed by atoms with Crippen LogP contribution < -0.4 is 0 Å². The molecule has 2 N–H and O–H groups in total. The minimum Gasteiger partial charge on any atom is -0.481 e. The summed E-state index contributed by atoms with van der Waals surface area (Å²) in [6, 6.07) is 0. The Morgan fingerprint density at radius 2 is 0.933 bits per heavy atom. The van der Waals surface area contributed by atoms with Crippen LogP contribution in [-0.2, 0) is 30.0 Å². The molecule has 0 bridgehead atoms. The molecule has 0 aliphatic carbocycles. The summed E-state index contributed by atoms with van der Waals surface area (Å²) in [5.41, 5.74) is 0. The molecule has 0 aliphatic heterocycles. The van der Waals surface area contributed by atoms with E-state index >= 15 is 0 Å². The van der Waals surface area contributed by atoms with E-state index in [0.29, 0.717) is 0 Å². The zero-order valence-electron chi connectivity index (χ0n) is 8.68. The van der Waals surface area contributed by atoms with E-state index in [-0.39, 0.29) is 33.3 Å². The summed E-state index contributed by atoms with van der Waals surface area (Å²) in [7, 11) is 0. The van der Waals surface area contributed by atoms with Crippen molar-refractivity contribution in [2.45, 2.75) is 51.4 Å². The third-order valence-electron chi connectivity index (χ3n) is 2.03. The van der Waals surface area contributed by atoms with Crippen molar-refractivity contribution in [2.75, 3.05) is 0 Å². The van der Waals surface area contributed by atoms with Crippen molar-refractivity contribution in [3.63, 3.8) is 0 Å². The third-order valence-corrected chi connectivity index (χ3v) is 2.03. The van der Waals surface area contributed by atoms with Gasteiger partial charge >= 0.3 is 11.9 Å². The molecule has 0 unspecified atom stereocenters. The average molecular weight is 309 g/mol. The molecule has 0 saturated carbocycles. The molecule has 0 fully saturated rings. The molecule has 5 heteroatoms. The Kier molecular flexibility index (Phi) is 13.2. The van der Waals surface area contributed by atoms with Crippen LogP contribution in [0.5, 0.6) is 0 Å². The van der Waals surface area contributed by atoms with Gasteiger partial charge in [0, 0.05) is 33.3 Å². The van der Waals surface area contributed by atoms with Crippen LogP contribution in [0.3, 0.4) is 0 Å². The van der Waals surface area contributed by atoms with Gasteiger partial charge in [0.2, 0.25) is 0 Å². The van der Waals surface area contributed by atoms with E-state index < -0.39 is 11.9 Å². The van der Waals surface area contributed by atoms with Gasteiger partial charge in [0.05, 0.1) is 0 Å². The fraction of sp³-hybridized carbons (Fsp3) is 0.800. The first-order valence-electron chi connectivity index (χ1n) is 5.06. The van der Waals surface area contributed by atoms with Crippen LogP contribution in [0.4, 0.5) is 0 Å². The molecule has 92 valence electrons. The van der Waals surface area contributed by atoms with Crippen molar-refractivity contribution in [3.05, 3.63) is 0 Å². The molecule has 0 aromatic carbocycles. The second-order valence-electron chi connectivity index (χ2n) is 3.41. The molecule has 15 heavy (non-hydrogen) atoms. The van der Waals surface area contributed by atoms with E-state index in [0.717, 1.165) is 38.5 Å². The van der Waals surface area contributed by atoms with E-state index in [1.165, 1.54) is 0 Å². The predicted octanol–water partition coefficient (Wildman–Crippen LogP) is 2.27. The normalized spacial score (nSPS) is 9.33. The minimum atomic E-state index is -0.740. The van der Waals surface area contributed by atoms with Crippen molar-refractivity contribution < 1.29 is 40.2 Å². The van der Waals surface area contributed by atoms with Crippen molar-refractivity contribution in [2.24, 2.45) is 0 Å². The van der Waals surface area contributed by atoms with Crippen molar-refractivity contribution in [3.8, 4) is 0 Å². The predicted molar refractivity (Wildman–Crippen MR) is 52.2 cm³/mol. The molecule has 0 saturated heterocycles. The smallest absolute Gasteiger partial charge is 0.303 e. The van der Waals surface area contributed by atoms with Crippen LogP contribution in [0, 0.1) is 0 Å².